The van der Waals surface area contributed by atoms with E-state index in [1.165, 1.54) is 5.56 Å². The topological polar surface area (TPSA) is 38.3 Å². The van der Waals surface area contributed by atoms with E-state index >= 15 is 0 Å². The SMILES string of the molecule is O=C(CC1CCNC1)c1ccc2c(c1)CCO2. The van der Waals surface area contributed by atoms with E-state index < -0.39 is 0 Å². The molecule has 1 aromatic rings. The molecule has 0 amide bonds. The lowest BCUT2D eigenvalue weighted by Crippen LogP contribution is -2.13. The molecule has 0 bridgehead atoms. The molecule has 1 saturated heterocycles. The number of carbonyl (C=O) groups is 1. The van der Waals surface area contributed by atoms with Gasteiger partial charge in [0, 0.05) is 18.4 Å². The third-order valence-electron chi connectivity index (χ3n) is 3.65. The first-order chi connectivity index (χ1) is 8.33. The van der Waals surface area contributed by atoms with Gasteiger partial charge in [-0.05, 0) is 49.2 Å². The minimum absolute atomic E-state index is 0.272. The summed E-state index contributed by atoms with van der Waals surface area (Å²) >= 11 is 0. The Morgan fingerprint density at radius 1 is 1.47 bits per heavy atom. The number of carbonyl (C=O) groups excluding carboxylic acids is 1. The minimum Gasteiger partial charge on any atom is -0.493 e. The fourth-order valence-corrected chi connectivity index (χ4v) is 2.63. The number of ketones is 1. The molecular formula is C14H17NO2. The van der Waals surface area contributed by atoms with E-state index in [1.807, 2.05) is 18.2 Å². The summed E-state index contributed by atoms with van der Waals surface area (Å²) < 4.78 is 5.45. The maximum absolute atomic E-state index is 12.1. The van der Waals surface area contributed by atoms with Crippen LogP contribution < -0.4 is 10.1 Å². The Labute approximate surface area is 101 Å². The van der Waals surface area contributed by atoms with Crippen LogP contribution in [-0.2, 0) is 6.42 Å². The zero-order chi connectivity index (χ0) is 11.7. The van der Waals surface area contributed by atoms with Crippen LogP contribution in [0.15, 0.2) is 18.2 Å². The molecule has 3 rings (SSSR count). The minimum atomic E-state index is 0.272. The molecule has 1 aromatic carbocycles. The van der Waals surface area contributed by atoms with Crippen LogP contribution in [0.5, 0.6) is 5.75 Å². The fraction of sp³-hybridized carbons (Fsp3) is 0.500. The molecule has 0 saturated carbocycles. The van der Waals surface area contributed by atoms with Crippen molar-refractivity contribution in [2.45, 2.75) is 19.3 Å². The smallest absolute Gasteiger partial charge is 0.163 e. The Kier molecular flexibility index (Phi) is 2.85. The van der Waals surface area contributed by atoms with Crippen molar-refractivity contribution >= 4 is 5.78 Å². The lowest BCUT2D eigenvalue weighted by molar-refractivity contribution is 0.0964. The van der Waals surface area contributed by atoms with Crippen molar-refractivity contribution in [3.63, 3.8) is 0 Å². The van der Waals surface area contributed by atoms with E-state index in [-0.39, 0.29) is 5.78 Å². The van der Waals surface area contributed by atoms with Crippen molar-refractivity contribution in [3.05, 3.63) is 29.3 Å². The van der Waals surface area contributed by atoms with Gasteiger partial charge in [0.05, 0.1) is 6.61 Å². The molecule has 1 N–H and O–H groups in total. The molecule has 0 radical (unpaired) electrons. The highest BCUT2D eigenvalue weighted by Gasteiger charge is 2.20. The molecule has 2 aliphatic rings. The van der Waals surface area contributed by atoms with Crippen molar-refractivity contribution < 1.29 is 9.53 Å². The molecule has 2 aliphatic heterocycles. The summed E-state index contributed by atoms with van der Waals surface area (Å²) in [7, 11) is 0. The summed E-state index contributed by atoms with van der Waals surface area (Å²) in [6.45, 7) is 2.79. The highest BCUT2D eigenvalue weighted by Crippen LogP contribution is 2.27. The van der Waals surface area contributed by atoms with Gasteiger partial charge in [-0.2, -0.15) is 0 Å². The first-order valence-electron chi connectivity index (χ1n) is 6.32. The number of benzene rings is 1. The van der Waals surface area contributed by atoms with Gasteiger partial charge in [-0.1, -0.05) is 0 Å². The molecule has 2 heterocycles. The van der Waals surface area contributed by atoms with Crippen molar-refractivity contribution in [3.8, 4) is 5.75 Å². The van der Waals surface area contributed by atoms with Gasteiger partial charge in [-0.15, -0.1) is 0 Å². The summed E-state index contributed by atoms with van der Waals surface area (Å²) in [5, 5.41) is 3.30. The largest absolute Gasteiger partial charge is 0.493 e. The van der Waals surface area contributed by atoms with E-state index in [2.05, 4.69) is 5.32 Å². The van der Waals surface area contributed by atoms with Gasteiger partial charge >= 0.3 is 0 Å². The van der Waals surface area contributed by atoms with Crippen LogP contribution in [0, 0.1) is 5.92 Å². The maximum Gasteiger partial charge on any atom is 0.163 e. The van der Waals surface area contributed by atoms with Crippen molar-refractivity contribution in [2.24, 2.45) is 5.92 Å². The van der Waals surface area contributed by atoms with Crippen LogP contribution in [0.25, 0.3) is 0 Å². The molecule has 1 unspecified atom stereocenters. The van der Waals surface area contributed by atoms with Crippen molar-refractivity contribution in [1.29, 1.82) is 0 Å². The van der Waals surface area contributed by atoms with Crippen LogP contribution in [0.1, 0.15) is 28.8 Å². The molecular weight excluding hydrogens is 214 g/mol. The highest BCUT2D eigenvalue weighted by atomic mass is 16.5. The molecule has 1 fully saturated rings. The third kappa shape index (κ3) is 2.20. The van der Waals surface area contributed by atoms with E-state index in [1.54, 1.807) is 0 Å². The number of hydrogen-bond donors (Lipinski definition) is 1. The number of Topliss-reactive ketones (excluding diaryl/α,β-unsaturated/α-hetero) is 1. The Balaban J connectivity index is 1.72. The number of hydrogen-bond acceptors (Lipinski definition) is 3. The summed E-state index contributed by atoms with van der Waals surface area (Å²) in [4.78, 5) is 12.1. The van der Waals surface area contributed by atoms with Gasteiger partial charge < -0.3 is 10.1 Å². The molecule has 0 aliphatic carbocycles. The Morgan fingerprint density at radius 3 is 3.24 bits per heavy atom. The predicted octanol–water partition coefficient (Wildman–Crippen LogP) is 1.80. The van der Waals surface area contributed by atoms with Crippen molar-refractivity contribution in [2.75, 3.05) is 19.7 Å². The second-order valence-corrected chi connectivity index (χ2v) is 4.91. The number of nitrogens with one attached hydrogen (secondary N) is 1. The Morgan fingerprint density at radius 2 is 2.41 bits per heavy atom. The summed E-state index contributed by atoms with van der Waals surface area (Å²) in [6, 6.07) is 5.84. The Bertz CT molecular complexity index is 436. The lowest BCUT2D eigenvalue weighted by atomic mass is 9.96. The molecule has 3 nitrogen and oxygen atoms in total. The molecule has 17 heavy (non-hydrogen) atoms. The standard InChI is InChI=1S/C14H17NO2/c16-13(7-10-3-5-15-9-10)11-1-2-14-12(8-11)4-6-17-14/h1-2,8,10,15H,3-7,9H2. The van der Waals surface area contributed by atoms with Crippen LogP contribution >= 0.6 is 0 Å². The first kappa shape index (κ1) is 10.8. The van der Waals surface area contributed by atoms with Crippen LogP contribution in [0.2, 0.25) is 0 Å². The average molecular weight is 231 g/mol. The monoisotopic (exact) mass is 231 g/mol. The van der Waals surface area contributed by atoms with Crippen LogP contribution in [-0.4, -0.2) is 25.5 Å². The summed E-state index contributed by atoms with van der Waals surface area (Å²) in [5.74, 6) is 1.74. The van der Waals surface area contributed by atoms with Gasteiger partial charge in [-0.3, -0.25) is 4.79 Å². The molecule has 1 atom stereocenters. The van der Waals surface area contributed by atoms with Crippen LogP contribution in [0.4, 0.5) is 0 Å². The van der Waals surface area contributed by atoms with Gasteiger partial charge in [0.25, 0.3) is 0 Å². The molecule has 0 spiro atoms. The summed E-state index contributed by atoms with van der Waals surface area (Å²) in [6.07, 6.45) is 2.73. The highest BCUT2D eigenvalue weighted by molar-refractivity contribution is 5.96. The zero-order valence-electron chi connectivity index (χ0n) is 9.87. The normalized spacial score (nSPS) is 22.2. The number of ether oxygens (including phenoxy) is 1. The fourth-order valence-electron chi connectivity index (χ4n) is 2.63. The predicted molar refractivity (Wildman–Crippen MR) is 65.6 cm³/mol. The molecule has 0 aromatic heterocycles. The van der Waals surface area contributed by atoms with Gasteiger partial charge in [0.2, 0.25) is 0 Å². The zero-order valence-corrected chi connectivity index (χ0v) is 9.87. The van der Waals surface area contributed by atoms with E-state index in [0.717, 1.165) is 43.9 Å². The van der Waals surface area contributed by atoms with E-state index in [4.69, 9.17) is 4.74 Å². The molecule has 3 heteroatoms. The summed E-state index contributed by atoms with van der Waals surface area (Å²) in [5.41, 5.74) is 2.03. The van der Waals surface area contributed by atoms with E-state index in [0.29, 0.717) is 12.3 Å². The second-order valence-electron chi connectivity index (χ2n) is 4.91. The third-order valence-corrected chi connectivity index (χ3v) is 3.65. The quantitative estimate of drug-likeness (QED) is 0.806. The maximum atomic E-state index is 12.1. The first-order valence-corrected chi connectivity index (χ1v) is 6.32. The lowest BCUT2D eigenvalue weighted by Gasteiger charge is -2.08. The van der Waals surface area contributed by atoms with E-state index in [9.17, 15) is 4.79 Å². The molecule has 90 valence electrons. The van der Waals surface area contributed by atoms with Gasteiger partial charge in [-0.25, -0.2) is 0 Å². The van der Waals surface area contributed by atoms with Crippen LogP contribution in [0.3, 0.4) is 0 Å². The average Bonchev–Trinajstić information content (AvgIpc) is 2.97. The second kappa shape index (κ2) is 4.49. The van der Waals surface area contributed by atoms with Gasteiger partial charge in [0.1, 0.15) is 5.75 Å². The Hall–Kier alpha value is -1.35. The van der Waals surface area contributed by atoms with Gasteiger partial charge in [0.15, 0.2) is 5.78 Å². The number of fused-ring (bicyclic) bond motifs is 1. The van der Waals surface area contributed by atoms with Crippen molar-refractivity contribution in [1.82, 2.24) is 5.32 Å². The number of rotatable bonds is 3.